The van der Waals surface area contributed by atoms with Gasteiger partial charge in [0.05, 0.1) is 6.54 Å². The van der Waals surface area contributed by atoms with Crippen LogP contribution in [0, 0.1) is 0 Å². The van der Waals surface area contributed by atoms with Crippen molar-refractivity contribution in [1.29, 1.82) is 0 Å². The summed E-state index contributed by atoms with van der Waals surface area (Å²) in [5.41, 5.74) is 5.58. The Bertz CT molecular complexity index is 84.2. The van der Waals surface area contributed by atoms with E-state index < -0.39 is 0 Å². The third kappa shape index (κ3) is 9.76. The van der Waals surface area contributed by atoms with E-state index in [1.165, 1.54) is 0 Å². The first-order chi connectivity index (χ1) is 3.39. The summed E-state index contributed by atoms with van der Waals surface area (Å²) < 4.78 is 0. The number of halogens is 1. The predicted octanol–water partition coefficient (Wildman–Crippen LogP) is -3.00. The zero-order valence-corrected chi connectivity index (χ0v) is 6.75. The van der Waals surface area contributed by atoms with Gasteiger partial charge < -0.3 is 16.4 Å². The SMILES string of the molecule is Cl.O.O.O.O=C1CCNNC1. The maximum Gasteiger partial charge on any atom is 0.149 e. The minimum Gasteiger partial charge on any atom is -0.412 e. The first-order valence-electron chi connectivity index (χ1n) is 2.37. The van der Waals surface area contributed by atoms with Gasteiger partial charge in [0.1, 0.15) is 5.78 Å². The summed E-state index contributed by atoms with van der Waals surface area (Å²) in [4.78, 5) is 10.4. The van der Waals surface area contributed by atoms with Crippen molar-refractivity contribution in [3.05, 3.63) is 0 Å². The standard InChI is InChI=1S/C4H8N2O.ClH.3H2O/c7-4-1-2-5-6-3-4;;;;/h5-6H,1-3H2;1H;3*1H2. The van der Waals surface area contributed by atoms with Gasteiger partial charge in [0.25, 0.3) is 0 Å². The minimum atomic E-state index is 0. The zero-order chi connectivity index (χ0) is 5.11. The molecule has 0 saturated carbocycles. The van der Waals surface area contributed by atoms with Crippen molar-refractivity contribution in [2.45, 2.75) is 6.42 Å². The van der Waals surface area contributed by atoms with Crippen LogP contribution in [0.25, 0.3) is 0 Å². The van der Waals surface area contributed by atoms with Gasteiger partial charge in [0.15, 0.2) is 0 Å². The van der Waals surface area contributed by atoms with Crippen LogP contribution in [-0.2, 0) is 4.79 Å². The molecular formula is C4H15ClN2O4. The van der Waals surface area contributed by atoms with Gasteiger partial charge in [0, 0.05) is 13.0 Å². The normalized spacial score (nSPS) is 14.4. The van der Waals surface area contributed by atoms with Crippen molar-refractivity contribution in [2.24, 2.45) is 0 Å². The largest absolute Gasteiger partial charge is 0.412 e. The van der Waals surface area contributed by atoms with Gasteiger partial charge in [-0.05, 0) is 0 Å². The summed E-state index contributed by atoms with van der Waals surface area (Å²) in [5, 5.41) is 0. The third-order valence-electron chi connectivity index (χ3n) is 0.939. The van der Waals surface area contributed by atoms with Crippen molar-refractivity contribution in [3.8, 4) is 0 Å². The lowest BCUT2D eigenvalue weighted by molar-refractivity contribution is -0.119. The van der Waals surface area contributed by atoms with Crippen LogP contribution in [0.4, 0.5) is 0 Å². The summed E-state index contributed by atoms with van der Waals surface area (Å²) in [6, 6.07) is 0. The zero-order valence-electron chi connectivity index (χ0n) is 5.94. The van der Waals surface area contributed by atoms with Gasteiger partial charge in [-0.1, -0.05) is 0 Å². The second-order valence-corrected chi connectivity index (χ2v) is 1.57. The maximum absolute atomic E-state index is 10.4. The van der Waals surface area contributed by atoms with Crippen LogP contribution >= 0.6 is 12.4 Å². The van der Waals surface area contributed by atoms with E-state index in [4.69, 9.17) is 0 Å². The van der Waals surface area contributed by atoms with Crippen LogP contribution in [-0.4, -0.2) is 35.3 Å². The van der Waals surface area contributed by atoms with Gasteiger partial charge in [0.2, 0.25) is 0 Å². The fourth-order valence-electron chi connectivity index (χ4n) is 0.540. The Labute approximate surface area is 70.7 Å². The summed E-state index contributed by atoms with van der Waals surface area (Å²) in [5.74, 6) is 0.291. The Morgan fingerprint density at radius 1 is 1.09 bits per heavy atom. The van der Waals surface area contributed by atoms with E-state index in [2.05, 4.69) is 10.9 Å². The molecule has 0 atom stereocenters. The van der Waals surface area contributed by atoms with Crippen LogP contribution in [0.3, 0.4) is 0 Å². The molecule has 6 nitrogen and oxygen atoms in total. The molecule has 1 rings (SSSR count). The average molecular weight is 191 g/mol. The lowest BCUT2D eigenvalue weighted by atomic mass is 10.3. The quantitative estimate of drug-likeness (QED) is 0.421. The van der Waals surface area contributed by atoms with Gasteiger partial charge in [-0.2, -0.15) is 0 Å². The molecule has 0 unspecified atom stereocenters. The highest BCUT2D eigenvalue weighted by Gasteiger charge is 2.04. The van der Waals surface area contributed by atoms with Crippen LogP contribution in [0.15, 0.2) is 0 Å². The van der Waals surface area contributed by atoms with Gasteiger partial charge in [-0.15, -0.1) is 12.4 Å². The number of carbonyl (C=O) groups excluding carboxylic acids is 1. The van der Waals surface area contributed by atoms with E-state index in [9.17, 15) is 4.79 Å². The average Bonchev–Trinajstić information content (AvgIpc) is 1.69. The molecule has 8 N–H and O–H groups in total. The minimum absolute atomic E-state index is 0. The molecule has 11 heavy (non-hydrogen) atoms. The number of hydrogen-bond donors (Lipinski definition) is 2. The van der Waals surface area contributed by atoms with Crippen molar-refractivity contribution < 1.29 is 21.2 Å². The maximum atomic E-state index is 10.4. The second-order valence-electron chi connectivity index (χ2n) is 1.57. The Morgan fingerprint density at radius 3 is 1.82 bits per heavy atom. The molecular weight excluding hydrogens is 176 g/mol. The van der Waals surface area contributed by atoms with E-state index in [0.717, 1.165) is 6.54 Å². The Kier molecular flexibility index (Phi) is 25.4. The second kappa shape index (κ2) is 12.4. The van der Waals surface area contributed by atoms with E-state index in [-0.39, 0.29) is 28.8 Å². The Balaban J connectivity index is -0.0000000612. The van der Waals surface area contributed by atoms with Crippen molar-refractivity contribution >= 4 is 18.2 Å². The lowest BCUT2D eigenvalue weighted by Crippen LogP contribution is -2.42. The molecule has 72 valence electrons. The van der Waals surface area contributed by atoms with Crippen molar-refractivity contribution in [2.75, 3.05) is 13.1 Å². The number of nitrogens with one attached hydrogen (secondary N) is 2. The molecule has 0 aromatic rings. The van der Waals surface area contributed by atoms with E-state index in [0.29, 0.717) is 18.7 Å². The monoisotopic (exact) mass is 190 g/mol. The van der Waals surface area contributed by atoms with Crippen molar-refractivity contribution in [3.63, 3.8) is 0 Å². The van der Waals surface area contributed by atoms with Crippen LogP contribution in [0.1, 0.15) is 6.42 Å². The number of carbonyl (C=O) groups is 1. The molecule has 0 amide bonds. The number of ketones is 1. The highest BCUT2D eigenvalue weighted by molar-refractivity contribution is 5.85. The van der Waals surface area contributed by atoms with Gasteiger partial charge in [-0.3, -0.25) is 15.6 Å². The smallest absolute Gasteiger partial charge is 0.149 e. The Morgan fingerprint density at radius 2 is 1.64 bits per heavy atom. The molecule has 1 aliphatic heterocycles. The molecule has 1 heterocycles. The fourth-order valence-corrected chi connectivity index (χ4v) is 0.540. The number of rotatable bonds is 0. The van der Waals surface area contributed by atoms with E-state index in [1.807, 2.05) is 0 Å². The first-order valence-corrected chi connectivity index (χ1v) is 2.37. The van der Waals surface area contributed by atoms with Gasteiger partial charge in [-0.25, -0.2) is 0 Å². The molecule has 0 spiro atoms. The molecule has 0 aliphatic carbocycles. The van der Waals surface area contributed by atoms with E-state index in [1.54, 1.807) is 0 Å². The van der Waals surface area contributed by atoms with Gasteiger partial charge >= 0.3 is 0 Å². The predicted molar refractivity (Wildman–Crippen MR) is 43.7 cm³/mol. The molecule has 0 aromatic heterocycles. The molecule has 1 aliphatic rings. The van der Waals surface area contributed by atoms with Crippen LogP contribution < -0.4 is 10.9 Å². The highest BCUT2D eigenvalue weighted by atomic mass is 35.5. The number of Topliss-reactive ketones (excluding diaryl/α,β-unsaturated/α-hetero) is 1. The van der Waals surface area contributed by atoms with E-state index >= 15 is 0 Å². The molecule has 0 radical (unpaired) electrons. The van der Waals surface area contributed by atoms with Crippen molar-refractivity contribution in [1.82, 2.24) is 10.9 Å². The molecule has 0 aromatic carbocycles. The molecule has 1 fully saturated rings. The molecule has 7 heteroatoms. The summed E-state index contributed by atoms with van der Waals surface area (Å²) >= 11 is 0. The summed E-state index contributed by atoms with van der Waals surface area (Å²) in [6.45, 7) is 1.26. The lowest BCUT2D eigenvalue weighted by Gasteiger charge is -2.10. The van der Waals surface area contributed by atoms with Crippen LogP contribution in [0.2, 0.25) is 0 Å². The van der Waals surface area contributed by atoms with Crippen LogP contribution in [0.5, 0.6) is 0 Å². The third-order valence-corrected chi connectivity index (χ3v) is 0.939. The summed E-state index contributed by atoms with van der Waals surface area (Å²) in [7, 11) is 0. The first kappa shape index (κ1) is 22.4. The molecule has 0 bridgehead atoms. The number of hydrazine groups is 1. The fraction of sp³-hybridized carbons (Fsp3) is 0.750. The molecule has 1 saturated heterocycles. The topological polar surface area (TPSA) is 136 Å². The Hall–Kier alpha value is -0.240. The summed E-state index contributed by atoms with van der Waals surface area (Å²) in [6.07, 6.45) is 0.674. The highest BCUT2D eigenvalue weighted by Crippen LogP contribution is 1.81. The number of hydrogen-bond acceptors (Lipinski definition) is 3.